The molecule has 0 radical (unpaired) electrons. The summed E-state index contributed by atoms with van der Waals surface area (Å²) >= 11 is 0. The van der Waals surface area contributed by atoms with Crippen LogP contribution in [0, 0.1) is 0 Å². The summed E-state index contributed by atoms with van der Waals surface area (Å²) in [4.78, 5) is 38.2. The predicted octanol–water partition coefficient (Wildman–Crippen LogP) is 20.8. The van der Waals surface area contributed by atoms with Gasteiger partial charge in [-0.05, 0) is 135 Å². The molecule has 0 N–H and O–H groups in total. The molecule has 75 heavy (non-hydrogen) atoms. The van der Waals surface area contributed by atoms with E-state index in [1.165, 1.54) is 70.6 Å². The zero-order valence-corrected chi connectivity index (χ0v) is 48.3. The minimum atomic E-state index is -0.821. The van der Waals surface area contributed by atoms with E-state index in [2.05, 4.69) is 167 Å². The number of rotatable bonds is 53. The van der Waals surface area contributed by atoms with Crippen LogP contribution >= 0.6 is 0 Å². The van der Waals surface area contributed by atoms with Gasteiger partial charge in [-0.15, -0.1) is 0 Å². The highest BCUT2D eigenvalue weighted by Crippen LogP contribution is 2.14. The minimum Gasteiger partial charge on any atom is -0.462 e. The van der Waals surface area contributed by atoms with E-state index in [1.54, 1.807) is 0 Å². The third kappa shape index (κ3) is 60.0. The van der Waals surface area contributed by atoms with Gasteiger partial charge in [-0.1, -0.05) is 244 Å². The van der Waals surface area contributed by atoms with Gasteiger partial charge < -0.3 is 14.2 Å². The Morgan fingerprint density at radius 2 is 0.533 bits per heavy atom. The average Bonchev–Trinajstić information content (AvgIpc) is 3.41. The van der Waals surface area contributed by atoms with E-state index >= 15 is 0 Å². The summed E-state index contributed by atoms with van der Waals surface area (Å²) < 4.78 is 16.8. The van der Waals surface area contributed by atoms with E-state index in [4.69, 9.17) is 14.2 Å². The van der Waals surface area contributed by atoms with Crippen LogP contribution in [0.25, 0.3) is 0 Å². The van der Waals surface area contributed by atoms with E-state index in [9.17, 15) is 14.4 Å². The van der Waals surface area contributed by atoms with Crippen LogP contribution in [0.5, 0.6) is 0 Å². The molecule has 0 rings (SSSR count). The summed E-state index contributed by atoms with van der Waals surface area (Å²) in [5, 5.41) is 0. The van der Waals surface area contributed by atoms with Crippen molar-refractivity contribution in [2.75, 3.05) is 13.2 Å². The quantitative estimate of drug-likeness (QED) is 0.0261. The monoisotopic (exact) mass is 1030 g/mol. The second-order valence-corrected chi connectivity index (χ2v) is 19.5. The second kappa shape index (κ2) is 61.8. The van der Waals surface area contributed by atoms with Crippen LogP contribution in [0.2, 0.25) is 0 Å². The van der Waals surface area contributed by atoms with Gasteiger partial charge in [0.05, 0.1) is 0 Å². The maximum absolute atomic E-state index is 12.8. The third-order valence-corrected chi connectivity index (χ3v) is 12.3. The molecular formula is C69H110O6. The molecule has 0 aliphatic rings. The van der Waals surface area contributed by atoms with Crippen molar-refractivity contribution in [2.45, 2.75) is 258 Å². The molecule has 1 unspecified atom stereocenters. The fourth-order valence-electron chi connectivity index (χ4n) is 7.83. The molecule has 0 fully saturated rings. The van der Waals surface area contributed by atoms with Crippen LogP contribution < -0.4 is 0 Å². The molecule has 0 saturated heterocycles. The molecule has 0 aromatic heterocycles. The Labute approximate surface area is 461 Å². The number of ether oxygens (including phenoxy) is 3. The number of carbonyl (C=O) groups is 3. The van der Waals surface area contributed by atoms with Crippen LogP contribution in [0.1, 0.15) is 252 Å². The lowest BCUT2D eigenvalue weighted by Gasteiger charge is -2.18. The molecule has 0 aromatic rings. The van der Waals surface area contributed by atoms with E-state index < -0.39 is 6.10 Å². The lowest BCUT2D eigenvalue weighted by atomic mass is 10.1. The Morgan fingerprint density at radius 1 is 0.280 bits per heavy atom. The standard InChI is InChI=1S/C69H110O6/c1-4-7-10-13-16-19-22-25-27-29-30-31-32-33-34-35-36-37-38-40-41-44-47-50-53-56-59-62-68(71)74-65-66(64-73-67(70)61-58-55-52-49-46-43-24-21-18-15-12-9-6-3)75-69(72)63-60-57-54-51-48-45-42-39-28-26-23-20-17-14-11-8-5-2/h7-8,10-11,16-17,19-21,24-28,30-31,33-34,36-37,42,45,51,54,66H,4-6,9,12-15,18,22-23,29,32,35,38-41,43-44,46-50,52-53,55-65H2,1-3H3/b10-7-,11-8-,19-16-,20-17-,24-21-,27-25-,28-26-,31-30-,34-33-,37-36-,45-42-,54-51-. The lowest BCUT2D eigenvalue weighted by molar-refractivity contribution is -0.167. The summed E-state index contributed by atoms with van der Waals surface area (Å²) in [5.74, 6) is -0.992. The highest BCUT2D eigenvalue weighted by Gasteiger charge is 2.19. The van der Waals surface area contributed by atoms with Gasteiger partial charge in [0.15, 0.2) is 6.10 Å². The molecule has 0 aliphatic heterocycles. The molecule has 0 saturated carbocycles. The Morgan fingerprint density at radius 3 is 0.867 bits per heavy atom. The maximum atomic E-state index is 12.8. The van der Waals surface area contributed by atoms with E-state index in [0.29, 0.717) is 19.3 Å². The molecule has 0 bridgehead atoms. The summed E-state index contributed by atoms with van der Waals surface area (Å²) in [6.45, 7) is 6.33. The topological polar surface area (TPSA) is 78.9 Å². The van der Waals surface area contributed by atoms with Crippen LogP contribution in [-0.4, -0.2) is 37.2 Å². The first-order valence-corrected chi connectivity index (χ1v) is 30.3. The third-order valence-electron chi connectivity index (χ3n) is 12.3. The van der Waals surface area contributed by atoms with E-state index in [-0.39, 0.29) is 37.5 Å². The van der Waals surface area contributed by atoms with Gasteiger partial charge >= 0.3 is 17.9 Å². The van der Waals surface area contributed by atoms with Crippen molar-refractivity contribution in [2.24, 2.45) is 0 Å². The molecule has 0 amide bonds. The van der Waals surface area contributed by atoms with Crippen molar-refractivity contribution in [3.05, 3.63) is 146 Å². The molecule has 0 heterocycles. The van der Waals surface area contributed by atoms with E-state index in [0.717, 1.165) is 135 Å². The van der Waals surface area contributed by atoms with Gasteiger partial charge in [0, 0.05) is 19.3 Å². The predicted molar refractivity (Wildman–Crippen MR) is 325 cm³/mol. The van der Waals surface area contributed by atoms with Gasteiger partial charge in [-0.3, -0.25) is 14.4 Å². The van der Waals surface area contributed by atoms with Crippen LogP contribution in [0.3, 0.4) is 0 Å². The highest BCUT2D eigenvalue weighted by atomic mass is 16.6. The largest absolute Gasteiger partial charge is 0.462 e. The average molecular weight is 1040 g/mol. The van der Waals surface area contributed by atoms with Crippen LogP contribution in [0.4, 0.5) is 0 Å². The van der Waals surface area contributed by atoms with Gasteiger partial charge in [-0.25, -0.2) is 0 Å². The Hall–Kier alpha value is -4.71. The number of hydrogen-bond donors (Lipinski definition) is 0. The second-order valence-electron chi connectivity index (χ2n) is 19.5. The maximum Gasteiger partial charge on any atom is 0.306 e. The zero-order chi connectivity index (χ0) is 54.3. The molecular weight excluding hydrogens is 925 g/mol. The van der Waals surface area contributed by atoms with Gasteiger partial charge in [0.2, 0.25) is 0 Å². The number of hydrogen-bond acceptors (Lipinski definition) is 6. The fraction of sp³-hybridized carbons (Fsp3) is 0.609. The number of allylic oxidation sites excluding steroid dienone is 24. The molecule has 0 aliphatic carbocycles. The van der Waals surface area contributed by atoms with Crippen molar-refractivity contribution >= 4 is 17.9 Å². The summed E-state index contributed by atoms with van der Waals surface area (Å²) in [7, 11) is 0. The van der Waals surface area contributed by atoms with Crippen molar-refractivity contribution in [1.82, 2.24) is 0 Å². The molecule has 1 atom stereocenters. The number of unbranched alkanes of at least 4 members (excludes halogenated alkanes) is 18. The Bertz CT molecular complexity index is 1660. The first-order chi connectivity index (χ1) is 37.0. The SMILES string of the molecule is CC/C=C\C/C=C\C/C=C\C/C=C\C/C=C\C/C=C\CCCCCCCCCCC(=O)OCC(COC(=O)CCCCCCC/C=C\CCCCCC)OC(=O)CCC/C=C\C/C=C\C/C=C\C/C=C\C/C=C\CC. The summed E-state index contributed by atoms with van der Waals surface area (Å²) in [6.07, 6.45) is 88.5. The zero-order valence-electron chi connectivity index (χ0n) is 48.3. The van der Waals surface area contributed by atoms with Crippen LogP contribution in [0.15, 0.2) is 146 Å². The van der Waals surface area contributed by atoms with Crippen molar-refractivity contribution in [1.29, 1.82) is 0 Å². The van der Waals surface area contributed by atoms with Crippen molar-refractivity contribution < 1.29 is 28.6 Å². The first-order valence-electron chi connectivity index (χ1n) is 30.3. The fourth-order valence-corrected chi connectivity index (χ4v) is 7.83. The Kier molecular flexibility index (Phi) is 58.0. The lowest BCUT2D eigenvalue weighted by Crippen LogP contribution is -2.30. The minimum absolute atomic E-state index is 0.112. The highest BCUT2D eigenvalue weighted by molar-refractivity contribution is 5.71. The number of esters is 3. The normalized spacial score (nSPS) is 13.2. The summed E-state index contributed by atoms with van der Waals surface area (Å²) in [5.41, 5.74) is 0. The van der Waals surface area contributed by atoms with Gasteiger partial charge in [-0.2, -0.15) is 0 Å². The van der Waals surface area contributed by atoms with Crippen LogP contribution in [-0.2, 0) is 28.6 Å². The number of carbonyl (C=O) groups excluding carboxylic acids is 3. The van der Waals surface area contributed by atoms with Crippen molar-refractivity contribution in [3.63, 3.8) is 0 Å². The smallest absolute Gasteiger partial charge is 0.306 e. The van der Waals surface area contributed by atoms with Gasteiger partial charge in [0.1, 0.15) is 13.2 Å². The van der Waals surface area contributed by atoms with E-state index in [1.807, 2.05) is 0 Å². The molecule has 0 aromatic carbocycles. The Balaban J connectivity index is 4.43. The summed E-state index contributed by atoms with van der Waals surface area (Å²) in [6, 6.07) is 0. The van der Waals surface area contributed by atoms with Crippen molar-refractivity contribution in [3.8, 4) is 0 Å². The van der Waals surface area contributed by atoms with Gasteiger partial charge in [0.25, 0.3) is 0 Å². The molecule has 422 valence electrons. The first kappa shape index (κ1) is 70.3. The molecule has 6 heteroatoms. The molecule has 0 spiro atoms. The molecule has 6 nitrogen and oxygen atoms in total.